The Morgan fingerprint density at radius 3 is 2.94 bits per heavy atom. The van der Waals surface area contributed by atoms with Crippen molar-refractivity contribution >= 4 is 10.9 Å². The highest BCUT2D eigenvalue weighted by Gasteiger charge is 2.03. The summed E-state index contributed by atoms with van der Waals surface area (Å²) in [6.07, 6.45) is 5.37. The van der Waals surface area contributed by atoms with Gasteiger partial charge in [-0.05, 0) is 23.8 Å². The number of fused-ring (bicyclic) bond motifs is 1. The van der Waals surface area contributed by atoms with Crippen molar-refractivity contribution < 1.29 is 5.11 Å². The summed E-state index contributed by atoms with van der Waals surface area (Å²) in [5.74, 6) is 0.682. The van der Waals surface area contributed by atoms with E-state index in [1.165, 1.54) is 5.56 Å². The maximum Gasteiger partial charge on any atom is 0.134 e. The van der Waals surface area contributed by atoms with Crippen molar-refractivity contribution in [2.75, 3.05) is 0 Å². The number of hydrogen-bond donors (Lipinski definition) is 1. The molecule has 0 amide bonds. The summed E-state index contributed by atoms with van der Waals surface area (Å²) < 4.78 is 1.94. The summed E-state index contributed by atoms with van der Waals surface area (Å²) in [5, 5.41) is 10.3. The van der Waals surface area contributed by atoms with Gasteiger partial charge in [0.05, 0.1) is 5.52 Å². The smallest absolute Gasteiger partial charge is 0.134 e. The Bertz CT molecular complexity index is 675. The van der Waals surface area contributed by atoms with Gasteiger partial charge in [0.2, 0.25) is 0 Å². The summed E-state index contributed by atoms with van der Waals surface area (Å²) in [5.41, 5.74) is 2.16. The second-order valence-corrected chi connectivity index (χ2v) is 4.16. The molecule has 0 saturated carbocycles. The lowest BCUT2D eigenvalue weighted by atomic mass is 10.1. The molecule has 2 heterocycles. The van der Waals surface area contributed by atoms with E-state index in [2.05, 4.69) is 22.1 Å². The minimum atomic E-state index is -0.0395. The molecule has 0 saturated heterocycles. The number of nitrogens with zero attached hydrogens (tertiary/aromatic N) is 3. The van der Waals surface area contributed by atoms with Crippen LogP contribution in [0, 0.1) is 0 Å². The molecule has 0 fully saturated rings. The summed E-state index contributed by atoms with van der Waals surface area (Å²) in [4.78, 5) is 8.39. The first-order valence-corrected chi connectivity index (χ1v) is 5.81. The van der Waals surface area contributed by atoms with Gasteiger partial charge in [-0.25, -0.2) is 4.98 Å². The quantitative estimate of drug-likeness (QED) is 0.760. The molecular formula is C14H13N3O. The van der Waals surface area contributed by atoms with E-state index >= 15 is 0 Å². The van der Waals surface area contributed by atoms with Crippen molar-refractivity contribution in [3.05, 3.63) is 60.3 Å². The van der Waals surface area contributed by atoms with Gasteiger partial charge in [0, 0.05) is 30.5 Å². The number of hydrogen-bond acceptors (Lipinski definition) is 3. The lowest BCUT2D eigenvalue weighted by molar-refractivity contribution is 0.266. The first-order valence-electron chi connectivity index (χ1n) is 5.81. The summed E-state index contributed by atoms with van der Waals surface area (Å²) >= 11 is 0. The zero-order chi connectivity index (χ0) is 12.4. The Morgan fingerprint density at radius 2 is 2.06 bits per heavy atom. The van der Waals surface area contributed by atoms with Crippen LogP contribution in [0.1, 0.15) is 11.4 Å². The van der Waals surface area contributed by atoms with Gasteiger partial charge in [0.15, 0.2) is 0 Å². The number of pyridine rings is 1. The van der Waals surface area contributed by atoms with Crippen molar-refractivity contribution in [2.24, 2.45) is 0 Å². The van der Waals surface area contributed by atoms with E-state index in [1.54, 1.807) is 12.4 Å². The van der Waals surface area contributed by atoms with E-state index < -0.39 is 0 Å². The monoisotopic (exact) mass is 239 g/mol. The van der Waals surface area contributed by atoms with Crippen LogP contribution in [0.5, 0.6) is 0 Å². The first-order chi connectivity index (χ1) is 8.86. The average molecular weight is 239 g/mol. The maximum atomic E-state index is 9.16. The second-order valence-electron chi connectivity index (χ2n) is 4.16. The molecule has 1 aromatic carbocycles. The largest absolute Gasteiger partial charge is 0.388 e. The Balaban J connectivity index is 1.95. The predicted molar refractivity (Wildman–Crippen MR) is 69.0 cm³/mol. The molecule has 0 bridgehead atoms. The van der Waals surface area contributed by atoms with Crippen molar-refractivity contribution in [1.29, 1.82) is 0 Å². The third-order valence-electron chi connectivity index (χ3n) is 2.96. The molecule has 0 spiro atoms. The fraction of sp³-hybridized carbons (Fsp3) is 0.143. The van der Waals surface area contributed by atoms with Gasteiger partial charge >= 0.3 is 0 Å². The zero-order valence-electron chi connectivity index (χ0n) is 9.82. The second kappa shape index (κ2) is 4.58. The van der Waals surface area contributed by atoms with Crippen LogP contribution in [0.25, 0.3) is 10.9 Å². The molecule has 0 radical (unpaired) electrons. The molecule has 0 aliphatic rings. The SMILES string of the molecule is OCc1nccn1Cc1ccc2ncccc2c1. The number of benzene rings is 1. The van der Waals surface area contributed by atoms with E-state index in [0.29, 0.717) is 12.4 Å². The molecule has 2 aromatic heterocycles. The lowest BCUT2D eigenvalue weighted by Gasteiger charge is -2.07. The van der Waals surface area contributed by atoms with Crippen LogP contribution in [-0.2, 0) is 13.2 Å². The Hall–Kier alpha value is -2.20. The van der Waals surface area contributed by atoms with E-state index in [1.807, 2.05) is 29.0 Å². The molecule has 1 N–H and O–H groups in total. The Kier molecular flexibility index (Phi) is 2.78. The summed E-state index contributed by atoms with van der Waals surface area (Å²) in [6, 6.07) is 10.2. The van der Waals surface area contributed by atoms with E-state index in [-0.39, 0.29) is 6.61 Å². The van der Waals surface area contributed by atoms with Crippen molar-refractivity contribution in [2.45, 2.75) is 13.2 Å². The maximum absolute atomic E-state index is 9.16. The highest BCUT2D eigenvalue weighted by Crippen LogP contribution is 2.14. The molecule has 3 aromatic rings. The van der Waals surface area contributed by atoms with Crippen molar-refractivity contribution in [3.8, 4) is 0 Å². The number of aliphatic hydroxyl groups excluding tert-OH is 1. The number of aliphatic hydroxyl groups is 1. The highest BCUT2D eigenvalue weighted by molar-refractivity contribution is 5.78. The highest BCUT2D eigenvalue weighted by atomic mass is 16.3. The van der Waals surface area contributed by atoms with Crippen LogP contribution < -0.4 is 0 Å². The lowest BCUT2D eigenvalue weighted by Crippen LogP contribution is -2.04. The van der Waals surface area contributed by atoms with Crippen LogP contribution in [0.4, 0.5) is 0 Å². The van der Waals surface area contributed by atoms with Gasteiger partial charge in [-0.2, -0.15) is 0 Å². The Morgan fingerprint density at radius 1 is 1.11 bits per heavy atom. The van der Waals surface area contributed by atoms with Crippen LogP contribution in [-0.4, -0.2) is 19.6 Å². The van der Waals surface area contributed by atoms with E-state index in [0.717, 1.165) is 10.9 Å². The molecule has 0 unspecified atom stereocenters. The van der Waals surface area contributed by atoms with E-state index in [4.69, 9.17) is 5.11 Å². The fourth-order valence-electron chi connectivity index (χ4n) is 2.06. The van der Waals surface area contributed by atoms with Crippen LogP contribution in [0.2, 0.25) is 0 Å². The minimum absolute atomic E-state index is 0.0395. The molecule has 4 nitrogen and oxygen atoms in total. The molecule has 4 heteroatoms. The predicted octanol–water partition coefficient (Wildman–Crippen LogP) is 1.97. The van der Waals surface area contributed by atoms with Gasteiger partial charge in [0.1, 0.15) is 12.4 Å². The first kappa shape index (κ1) is 10.9. The molecule has 90 valence electrons. The Labute approximate surface area is 105 Å². The fourth-order valence-corrected chi connectivity index (χ4v) is 2.06. The normalized spacial score (nSPS) is 10.9. The number of rotatable bonds is 3. The van der Waals surface area contributed by atoms with Crippen molar-refractivity contribution in [1.82, 2.24) is 14.5 Å². The van der Waals surface area contributed by atoms with E-state index in [9.17, 15) is 0 Å². The molecule has 3 rings (SSSR count). The number of imidazole rings is 1. The van der Waals surface area contributed by atoms with Gasteiger partial charge in [0.25, 0.3) is 0 Å². The van der Waals surface area contributed by atoms with Gasteiger partial charge in [-0.1, -0.05) is 12.1 Å². The molecular weight excluding hydrogens is 226 g/mol. The zero-order valence-corrected chi connectivity index (χ0v) is 9.82. The van der Waals surface area contributed by atoms with Gasteiger partial charge in [-0.3, -0.25) is 4.98 Å². The number of aromatic nitrogens is 3. The van der Waals surface area contributed by atoms with Gasteiger partial charge < -0.3 is 9.67 Å². The van der Waals surface area contributed by atoms with Crippen LogP contribution in [0.3, 0.4) is 0 Å². The third-order valence-corrected chi connectivity index (χ3v) is 2.96. The van der Waals surface area contributed by atoms with Crippen LogP contribution >= 0.6 is 0 Å². The molecule has 0 aliphatic heterocycles. The molecule has 18 heavy (non-hydrogen) atoms. The molecule has 0 atom stereocenters. The molecule has 0 aliphatic carbocycles. The topological polar surface area (TPSA) is 50.9 Å². The van der Waals surface area contributed by atoms with Crippen molar-refractivity contribution in [3.63, 3.8) is 0 Å². The van der Waals surface area contributed by atoms with Gasteiger partial charge in [-0.15, -0.1) is 0 Å². The summed E-state index contributed by atoms with van der Waals surface area (Å²) in [7, 11) is 0. The minimum Gasteiger partial charge on any atom is -0.388 e. The third kappa shape index (κ3) is 1.98. The summed E-state index contributed by atoms with van der Waals surface area (Å²) in [6.45, 7) is 0.670. The standard InChI is InChI=1S/C14H13N3O/c18-10-14-16-6-7-17(14)9-11-3-4-13-12(8-11)2-1-5-15-13/h1-8,18H,9-10H2. The van der Waals surface area contributed by atoms with Crippen LogP contribution in [0.15, 0.2) is 48.9 Å². The average Bonchev–Trinajstić information content (AvgIpc) is 2.86.